The van der Waals surface area contributed by atoms with Gasteiger partial charge in [0.05, 0.1) is 10.7 Å². The first kappa shape index (κ1) is 14.3. The third-order valence-corrected chi connectivity index (χ3v) is 2.58. The van der Waals surface area contributed by atoms with Crippen LogP contribution in [0.2, 0.25) is 5.02 Å². The van der Waals surface area contributed by atoms with E-state index in [1.54, 1.807) is 12.1 Å². The van der Waals surface area contributed by atoms with Crippen molar-refractivity contribution in [3.63, 3.8) is 0 Å². The number of ether oxygens (including phenoxy) is 1. The average molecular weight is 321 g/mol. The Hall–Kier alpha value is -0.740. The van der Waals surface area contributed by atoms with Gasteiger partial charge in [-0.15, -0.1) is 0 Å². The molecule has 0 bridgehead atoms. The van der Waals surface area contributed by atoms with Crippen LogP contribution in [-0.4, -0.2) is 18.1 Å². The fourth-order valence-corrected chi connectivity index (χ4v) is 1.92. The number of rotatable bonds is 3. The van der Waals surface area contributed by atoms with E-state index in [1.807, 2.05) is 26.8 Å². The first-order chi connectivity index (χ1) is 7.78. The molecule has 17 heavy (non-hydrogen) atoms. The van der Waals surface area contributed by atoms with Crippen molar-refractivity contribution >= 4 is 39.2 Å². The number of anilines is 1. The molecule has 0 unspecified atom stereocenters. The van der Waals surface area contributed by atoms with Crippen molar-refractivity contribution in [1.29, 1.82) is 0 Å². The molecule has 1 rings (SSSR count). The summed E-state index contributed by atoms with van der Waals surface area (Å²) >= 11 is 9.31. The summed E-state index contributed by atoms with van der Waals surface area (Å²) in [5, 5.41) is 3.49. The van der Waals surface area contributed by atoms with Crippen molar-refractivity contribution in [3.05, 3.63) is 27.7 Å². The van der Waals surface area contributed by atoms with Crippen molar-refractivity contribution in [2.24, 2.45) is 0 Å². The minimum absolute atomic E-state index is 0.0959. The number of hydrogen-bond donors (Lipinski definition) is 1. The quantitative estimate of drug-likeness (QED) is 0.860. The highest BCUT2D eigenvalue weighted by Crippen LogP contribution is 2.25. The summed E-state index contributed by atoms with van der Waals surface area (Å²) in [7, 11) is 0. The number of halogens is 2. The van der Waals surface area contributed by atoms with E-state index >= 15 is 0 Å². The lowest BCUT2D eigenvalue weighted by Crippen LogP contribution is -2.28. The molecule has 0 saturated carbocycles. The zero-order valence-electron chi connectivity index (χ0n) is 10.0. The summed E-state index contributed by atoms with van der Waals surface area (Å²) in [6.45, 7) is 5.59. The van der Waals surface area contributed by atoms with Gasteiger partial charge in [-0.3, -0.25) is 4.79 Å². The molecule has 0 aromatic heterocycles. The molecular formula is C12H15BrClNO2. The number of carbonyl (C=O) groups is 1. The van der Waals surface area contributed by atoms with E-state index in [2.05, 4.69) is 21.2 Å². The lowest BCUT2D eigenvalue weighted by atomic mass is 10.2. The maximum atomic E-state index is 11.5. The van der Waals surface area contributed by atoms with Crippen LogP contribution in [0.3, 0.4) is 0 Å². The van der Waals surface area contributed by atoms with Crippen LogP contribution in [0.15, 0.2) is 22.7 Å². The van der Waals surface area contributed by atoms with E-state index in [4.69, 9.17) is 16.3 Å². The Morgan fingerprint density at radius 3 is 2.65 bits per heavy atom. The molecule has 0 aliphatic rings. The molecule has 1 N–H and O–H groups in total. The first-order valence-corrected chi connectivity index (χ1v) is 6.36. The second-order valence-electron chi connectivity index (χ2n) is 4.56. The topological polar surface area (TPSA) is 38.3 Å². The molecule has 5 heteroatoms. The Kier molecular flexibility index (Phi) is 4.83. The molecule has 0 heterocycles. The summed E-state index contributed by atoms with van der Waals surface area (Å²) in [6, 6.07) is 5.42. The van der Waals surface area contributed by atoms with Crippen LogP contribution < -0.4 is 5.32 Å². The van der Waals surface area contributed by atoms with Crippen LogP contribution in [0.25, 0.3) is 0 Å². The Balaban J connectivity index is 2.53. The molecule has 1 aromatic carbocycles. The highest BCUT2D eigenvalue weighted by atomic mass is 79.9. The monoisotopic (exact) mass is 319 g/mol. The van der Waals surface area contributed by atoms with Crippen LogP contribution in [0.5, 0.6) is 0 Å². The van der Waals surface area contributed by atoms with Gasteiger partial charge in [-0.1, -0.05) is 27.5 Å². The molecule has 94 valence electrons. The number of hydrogen-bond acceptors (Lipinski definition) is 3. The summed E-state index contributed by atoms with van der Waals surface area (Å²) in [5.74, 6) is -0.309. The van der Waals surface area contributed by atoms with E-state index in [0.29, 0.717) is 10.7 Å². The molecule has 0 aliphatic carbocycles. The Labute approximate surface area is 115 Å². The summed E-state index contributed by atoms with van der Waals surface area (Å²) in [5.41, 5.74) is 0.239. The SMILES string of the molecule is CC(C)(C)OC(=O)CNc1ccc(Br)cc1Cl. The molecule has 0 atom stereocenters. The number of nitrogens with one attached hydrogen (secondary N) is 1. The molecule has 0 radical (unpaired) electrons. The maximum Gasteiger partial charge on any atom is 0.325 e. The molecule has 0 aliphatic heterocycles. The van der Waals surface area contributed by atoms with Crippen molar-refractivity contribution in [2.45, 2.75) is 26.4 Å². The van der Waals surface area contributed by atoms with Crippen LogP contribution in [-0.2, 0) is 9.53 Å². The van der Waals surface area contributed by atoms with Crippen LogP contribution in [0.1, 0.15) is 20.8 Å². The second kappa shape index (κ2) is 5.74. The highest BCUT2D eigenvalue weighted by molar-refractivity contribution is 9.10. The Bertz CT molecular complexity index is 415. The van der Waals surface area contributed by atoms with Crippen molar-refractivity contribution in [1.82, 2.24) is 0 Å². The molecule has 0 fully saturated rings. The summed E-state index contributed by atoms with van der Waals surface area (Å²) in [4.78, 5) is 11.5. The Morgan fingerprint density at radius 1 is 1.47 bits per heavy atom. The van der Waals surface area contributed by atoms with E-state index < -0.39 is 5.60 Å². The van der Waals surface area contributed by atoms with Crippen LogP contribution >= 0.6 is 27.5 Å². The minimum atomic E-state index is -0.470. The molecule has 3 nitrogen and oxygen atoms in total. The zero-order valence-corrected chi connectivity index (χ0v) is 12.4. The molecular weight excluding hydrogens is 305 g/mol. The van der Waals surface area contributed by atoms with Gasteiger partial charge < -0.3 is 10.1 Å². The fourth-order valence-electron chi connectivity index (χ4n) is 1.18. The third-order valence-electron chi connectivity index (χ3n) is 1.77. The molecule has 0 amide bonds. The van der Waals surface area contributed by atoms with Gasteiger partial charge in [-0.2, -0.15) is 0 Å². The number of benzene rings is 1. The van der Waals surface area contributed by atoms with Gasteiger partial charge >= 0.3 is 5.97 Å². The summed E-state index contributed by atoms with van der Waals surface area (Å²) in [6.07, 6.45) is 0. The van der Waals surface area contributed by atoms with Gasteiger partial charge in [0.1, 0.15) is 12.1 Å². The van der Waals surface area contributed by atoms with E-state index in [1.165, 1.54) is 0 Å². The lowest BCUT2D eigenvalue weighted by molar-refractivity contribution is -0.152. The minimum Gasteiger partial charge on any atom is -0.459 e. The molecule has 1 aromatic rings. The lowest BCUT2D eigenvalue weighted by Gasteiger charge is -2.19. The zero-order chi connectivity index (χ0) is 13.1. The van der Waals surface area contributed by atoms with Crippen molar-refractivity contribution < 1.29 is 9.53 Å². The third kappa shape index (κ3) is 5.41. The largest absolute Gasteiger partial charge is 0.459 e. The van der Waals surface area contributed by atoms with Gasteiger partial charge in [0.2, 0.25) is 0 Å². The predicted octanol–water partition coefficient (Wildman–Crippen LogP) is 3.86. The highest BCUT2D eigenvalue weighted by Gasteiger charge is 2.16. The van der Waals surface area contributed by atoms with Gasteiger partial charge in [0.15, 0.2) is 0 Å². The smallest absolute Gasteiger partial charge is 0.325 e. The van der Waals surface area contributed by atoms with Crippen molar-refractivity contribution in [2.75, 3.05) is 11.9 Å². The van der Waals surface area contributed by atoms with Crippen LogP contribution in [0, 0.1) is 0 Å². The number of carbonyl (C=O) groups excluding carboxylic acids is 1. The normalized spacial score (nSPS) is 11.1. The predicted molar refractivity (Wildman–Crippen MR) is 73.5 cm³/mol. The van der Waals surface area contributed by atoms with Gasteiger partial charge in [0.25, 0.3) is 0 Å². The van der Waals surface area contributed by atoms with E-state index in [9.17, 15) is 4.79 Å². The fraction of sp³-hybridized carbons (Fsp3) is 0.417. The summed E-state index contributed by atoms with van der Waals surface area (Å²) < 4.78 is 6.06. The van der Waals surface area contributed by atoms with Gasteiger partial charge in [-0.05, 0) is 39.0 Å². The van der Waals surface area contributed by atoms with Crippen molar-refractivity contribution in [3.8, 4) is 0 Å². The second-order valence-corrected chi connectivity index (χ2v) is 5.89. The van der Waals surface area contributed by atoms with Crippen LogP contribution in [0.4, 0.5) is 5.69 Å². The molecule has 0 saturated heterocycles. The number of esters is 1. The van der Waals surface area contributed by atoms with E-state index in [-0.39, 0.29) is 12.5 Å². The van der Waals surface area contributed by atoms with Gasteiger partial charge in [0, 0.05) is 4.47 Å². The standard InChI is InChI=1S/C12H15BrClNO2/c1-12(2,3)17-11(16)7-15-10-5-4-8(13)6-9(10)14/h4-6,15H,7H2,1-3H3. The maximum absolute atomic E-state index is 11.5. The Morgan fingerprint density at radius 2 is 2.12 bits per heavy atom. The first-order valence-electron chi connectivity index (χ1n) is 5.19. The molecule has 0 spiro atoms. The van der Waals surface area contributed by atoms with Gasteiger partial charge in [-0.25, -0.2) is 0 Å². The average Bonchev–Trinajstić information content (AvgIpc) is 2.13. The van der Waals surface area contributed by atoms with E-state index in [0.717, 1.165) is 4.47 Å².